The molecule has 0 aliphatic carbocycles. The molecule has 2 aromatic rings. The fourth-order valence-corrected chi connectivity index (χ4v) is 3.13. The molecule has 3 rings (SSSR count). The standard InChI is InChI=1S/C17H22N4O2/c1-12-14(11-20(2)19-12)17(22)21-9-8-18-10-15(21)13-6-4-5-7-16(13)23-3/h4-7,11,15,18H,8-10H2,1-3H3/t15-/m0/s1. The van der Waals surface area contributed by atoms with Gasteiger partial charge in [0.1, 0.15) is 5.75 Å². The van der Waals surface area contributed by atoms with Crippen molar-refractivity contribution in [3.05, 3.63) is 47.3 Å². The summed E-state index contributed by atoms with van der Waals surface area (Å²) in [6, 6.07) is 7.82. The summed E-state index contributed by atoms with van der Waals surface area (Å²) in [4.78, 5) is 14.9. The summed E-state index contributed by atoms with van der Waals surface area (Å²) in [5.41, 5.74) is 2.45. The molecule has 0 spiro atoms. The maximum Gasteiger partial charge on any atom is 0.257 e. The molecule has 122 valence electrons. The van der Waals surface area contributed by atoms with Gasteiger partial charge < -0.3 is 15.0 Å². The van der Waals surface area contributed by atoms with E-state index in [2.05, 4.69) is 10.4 Å². The highest BCUT2D eigenvalue weighted by Gasteiger charge is 2.31. The van der Waals surface area contributed by atoms with Crippen LogP contribution in [-0.4, -0.2) is 47.3 Å². The average molecular weight is 314 g/mol. The van der Waals surface area contributed by atoms with Crippen LogP contribution < -0.4 is 10.1 Å². The molecule has 0 bridgehead atoms. The highest BCUT2D eigenvalue weighted by Crippen LogP contribution is 2.31. The summed E-state index contributed by atoms with van der Waals surface area (Å²) in [6.07, 6.45) is 1.79. The second-order valence-electron chi connectivity index (χ2n) is 5.76. The Labute approximate surface area is 136 Å². The van der Waals surface area contributed by atoms with Crippen molar-refractivity contribution in [3.63, 3.8) is 0 Å². The van der Waals surface area contributed by atoms with Gasteiger partial charge in [0.25, 0.3) is 5.91 Å². The van der Waals surface area contributed by atoms with Crippen LogP contribution in [0.25, 0.3) is 0 Å². The molecular weight excluding hydrogens is 292 g/mol. The van der Waals surface area contributed by atoms with E-state index in [4.69, 9.17) is 4.74 Å². The van der Waals surface area contributed by atoms with Crippen molar-refractivity contribution in [1.82, 2.24) is 20.0 Å². The second kappa shape index (κ2) is 6.42. The first-order valence-corrected chi connectivity index (χ1v) is 7.76. The number of ether oxygens (including phenoxy) is 1. The highest BCUT2D eigenvalue weighted by molar-refractivity contribution is 5.95. The van der Waals surface area contributed by atoms with Gasteiger partial charge in [-0.05, 0) is 13.0 Å². The summed E-state index contributed by atoms with van der Waals surface area (Å²) >= 11 is 0. The van der Waals surface area contributed by atoms with Crippen molar-refractivity contribution >= 4 is 5.91 Å². The molecule has 0 unspecified atom stereocenters. The summed E-state index contributed by atoms with van der Waals surface area (Å²) in [5.74, 6) is 0.829. The lowest BCUT2D eigenvalue weighted by Gasteiger charge is -2.37. The molecule has 1 fully saturated rings. The number of carbonyl (C=O) groups excluding carboxylic acids is 1. The third-order valence-electron chi connectivity index (χ3n) is 4.25. The van der Waals surface area contributed by atoms with Gasteiger partial charge in [-0.25, -0.2) is 0 Å². The zero-order chi connectivity index (χ0) is 16.4. The van der Waals surface area contributed by atoms with Crippen LogP contribution in [0.2, 0.25) is 0 Å². The zero-order valence-electron chi connectivity index (χ0n) is 13.7. The number of carbonyl (C=O) groups is 1. The number of amides is 1. The first-order chi connectivity index (χ1) is 11.1. The number of para-hydroxylation sites is 1. The highest BCUT2D eigenvalue weighted by atomic mass is 16.5. The van der Waals surface area contributed by atoms with E-state index in [1.165, 1.54) is 0 Å². The minimum Gasteiger partial charge on any atom is -0.496 e. The molecule has 6 heteroatoms. The van der Waals surface area contributed by atoms with Crippen molar-refractivity contribution in [2.75, 3.05) is 26.7 Å². The Kier molecular flexibility index (Phi) is 4.34. The van der Waals surface area contributed by atoms with E-state index in [9.17, 15) is 4.79 Å². The SMILES string of the molecule is COc1ccccc1[C@@H]1CNCCN1C(=O)c1cn(C)nc1C. The number of nitrogens with zero attached hydrogens (tertiary/aromatic N) is 3. The largest absolute Gasteiger partial charge is 0.496 e. The Morgan fingerprint density at radius 3 is 2.87 bits per heavy atom. The van der Waals surface area contributed by atoms with Crippen LogP contribution in [0.15, 0.2) is 30.5 Å². The molecule has 1 aromatic carbocycles. The van der Waals surface area contributed by atoms with Crippen LogP contribution in [0.3, 0.4) is 0 Å². The smallest absolute Gasteiger partial charge is 0.257 e. The quantitative estimate of drug-likeness (QED) is 0.933. The molecule has 1 N–H and O–H groups in total. The van der Waals surface area contributed by atoms with E-state index in [1.807, 2.05) is 43.1 Å². The number of nitrogens with one attached hydrogen (secondary N) is 1. The Morgan fingerprint density at radius 2 is 2.17 bits per heavy atom. The Hall–Kier alpha value is -2.34. The molecule has 1 atom stereocenters. The maximum atomic E-state index is 13.0. The van der Waals surface area contributed by atoms with Crippen molar-refractivity contribution < 1.29 is 9.53 Å². The third-order valence-corrected chi connectivity index (χ3v) is 4.25. The molecule has 23 heavy (non-hydrogen) atoms. The van der Waals surface area contributed by atoms with Gasteiger partial charge in [0.05, 0.1) is 24.4 Å². The van der Waals surface area contributed by atoms with Crippen LogP contribution in [0, 0.1) is 6.92 Å². The van der Waals surface area contributed by atoms with Crippen LogP contribution in [0.5, 0.6) is 5.75 Å². The number of piperazine rings is 1. The monoisotopic (exact) mass is 314 g/mol. The third kappa shape index (κ3) is 2.94. The molecule has 1 aliphatic heterocycles. The molecular formula is C17H22N4O2. The van der Waals surface area contributed by atoms with E-state index in [1.54, 1.807) is 18.0 Å². The van der Waals surface area contributed by atoms with Crippen LogP contribution >= 0.6 is 0 Å². The number of methoxy groups -OCH3 is 1. The van der Waals surface area contributed by atoms with Gasteiger partial charge in [-0.3, -0.25) is 9.48 Å². The lowest BCUT2D eigenvalue weighted by Crippen LogP contribution is -2.48. The van der Waals surface area contributed by atoms with E-state index in [0.717, 1.165) is 23.6 Å². The molecule has 1 aromatic heterocycles. The Balaban J connectivity index is 1.96. The Morgan fingerprint density at radius 1 is 1.39 bits per heavy atom. The molecule has 1 amide bonds. The molecule has 1 saturated heterocycles. The number of rotatable bonds is 3. The zero-order valence-corrected chi connectivity index (χ0v) is 13.7. The first kappa shape index (κ1) is 15.6. The maximum absolute atomic E-state index is 13.0. The molecule has 6 nitrogen and oxygen atoms in total. The van der Waals surface area contributed by atoms with Gasteiger partial charge in [0.2, 0.25) is 0 Å². The Bertz CT molecular complexity index is 710. The lowest BCUT2D eigenvalue weighted by molar-refractivity contribution is 0.0631. The van der Waals surface area contributed by atoms with Crippen LogP contribution in [0.1, 0.15) is 27.7 Å². The van der Waals surface area contributed by atoms with Gasteiger partial charge in [0, 0.05) is 38.4 Å². The number of hydrogen-bond donors (Lipinski definition) is 1. The van der Waals surface area contributed by atoms with Crippen molar-refractivity contribution in [2.24, 2.45) is 7.05 Å². The molecule has 2 heterocycles. The van der Waals surface area contributed by atoms with Crippen LogP contribution in [-0.2, 0) is 7.05 Å². The minimum absolute atomic E-state index is 0.0213. The topological polar surface area (TPSA) is 59.4 Å². The fourth-order valence-electron chi connectivity index (χ4n) is 3.13. The van der Waals surface area contributed by atoms with E-state index >= 15 is 0 Å². The van der Waals surface area contributed by atoms with E-state index in [0.29, 0.717) is 18.7 Å². The molecule has 0 radical (unpaired) electrons. The number of hydrogen-bond acceptors (Lipinski definition) is 4. The van der Waals surface area contributed by atoms with Gasteiger partial charge >= 0.3 is 0 Å². The summed E-state index contributed by atoms with van der Waals surface area (Å²) < 4.78 is 7.16. The van der Waals surface area contributed by atoms with Crippen molar-refractivity contribution in [1.29, 1.82) is 0 Å². The van der Waals surface area contributed by atoms with Gasteiger partial charge in [-0.1, -0.05) is 18.2 Å². The van der Waals surface area contributed by atoms with Gasteiger partial charge in [0.15, 0.2) is 0 Å². The number of aryl methyl sites for hydroxylation is 2. The van der Waals surface area contributed by atoms with E-state index in [-0.39, 0.29) is 11.9 Å². The van der Waals surface area contributed by atoms with Gasteiger partial charge in [-0.2, -0.15) is 5.10 Å². The van der Waals surface area contributed by atoms with Crippen molar-refractivity contribution in [2.45, 2.75) is 13.0 Å². The molecule has 1 aliphatic rings. The van der Waals surface area contributed by atoms with E-state index < -0.39 is 0 Å². The summed E-state index contributed by atoms with van der Waals surface area (Å²) in [5, 5.41) is 7.66. The second-order valence-corrected chi connectivity index (χ2v) is 5.76. The minimum atomic E-state index is -0.0491. The first-order valence-electron chi connectivity index (χ1n) is 7.76. The predicted octanol–water partition coefficient (Wildman–Crippen LogP) is 1.52. The van der Waals surface area contributed by atoms with Crippen molar-refractivity contribution in [3.8, 4) is 5.75 Å². The number of aromatic nitrogens is 2. The van der Waals surface area contributed by atoms with Crippen LogP contribution in [0.4, 0.5) is 0 Å². The fraction of sp³-hybridized carbons (Fsp3) is 0.412. The molecule has 0 saturated carbocycles. The normalized spacial score (nSPS) is 18.0. The lowest BCUT2D eigenvalue weighted by atomic mass is 10.0. The van der Waals surface area contributed by atoms with Gasteiger partial charge in [-0.15, -0.1) is 0 Å². The predicted molar refractivity (Wildman–Crippen MR) is 87.6 cm³/mol. The average Bonchev–Trinajstić information content (AvgIpc) is 2.92. The number of benzene rings is 1. The summed E-state index contributed by atoms with van der Waals surface area (Å²) in [6.45, 7) is 4.03. The summed E-state index contributed by atoms with van der Waals surface area (Å²) in [7, 11) is 3.49.